The third-order valence-corrected chi connectivity index (χ3v) is 5.61. The van der Waals surface area contributed by atoms with Crippen molar-refractivity contribution in [1.82, 2.24) is 10.3 Å². The predicted octanol–water partition coefficient (Wildman–Crippen LogP) is 5.65. The summed E-state index contributed by atoms with van der Waals surface area (Å²) in [5, 5.41) is 3.70. The first-order chi connectivity index (χ1) is 16.1. The van der Waals surface area contributed by atoms with Gasteiger partial charge in [-0.1, -0.05) is 12.1 Å². The molecule has 4 rings (SSSR count). The van der Waals surface area contributed by atoms with Crippen molar-refractivity contribution in [1.29, 1.82) is 0 Å². The summed E-state index contributed by atoms with van der Waals surface area (Å²) in [5.74, 6) is -2.35. The Hall–Kier alpha value is -3.55. The van der Waals surface area contributed by atoms with Crippen molar-refractivity contribution in [2.75, 3.05) is 6.61 Å². The van der Waals surface area contributed by atoms with Gasteiger partial charge in [-0.2, -0.15) is 0 Å². The first kappa shape index (κ1) is 23.6. The number of alkyl carbamates (subject to hydrolysis) is 1. The zero-order valence-electron chi connectivity index (χ0n) is 19.5. The number of aromatic nitrogens is 1. The van der Waals surface area contributed by atoms with Gasteiger partial charge < -0.3 is 14.8 Å². The van der Waals surface area contributed by atoms with Gasteiger partial charge in [-0.15, -0.1) is 0 Å². The normalized spacial score (nSPS) is 15.2. The molecule has 0 spiro atoms. The summed E-state index contributed by atoms with van der Waals surface area (Å²) in [5.41, 5.74) is -0.703. The molecule has 178 valence electrons. The SMILES string of the molecule is CCOc1nccc2c(C(=O)c3c(F)cc4c(c3F)[C@H](NC(=O)OC(C)(C)C)CC4)cccc12. The van der Waals surface area contributed by atoms with Crippen molar-refractivity contribution in [3.63, 3.8) is 0 Å². The summed E-state index contributed by atoms with van der Waals surface area (Å²) in [6.45, 7) is 7.35. The van der Waals surface area contributed by atoms with E-state index in [1.165, 1.54) is 18.3 Å². The van der Waals surface area contributed by atoms with Crippen LogP contribution >= 0.6 is 0 Å². The minimum Gasteiger partial charge on any atom is -0.478 e. The fourth-order valence-electron chi connectivity index (χ4n) is 4.28. The Kier molecular flexibility index (Phi) is 6.25. The highest BCUT2D eigenvalue weighted by atomic mass is 19.1. The van der Waals surface area contributed by atoms with Gasteiger partial charge in [0.1, 0.15) is 17.2 Å². The van der Waals surface area contributed by atoms with Gasteiger partial charge in [0, 0.05) is 22.7 Å². The van der Waals surface area contributed by atoms with E-state index in [4.69, 9.17) is 9.47 Å². The van der Waals surface area contributed by atoms with Gasteiger partial charge in [-0.05, 0) is 69.7 Å². The number of aryl methyl sites for hydroxylation is 1. The van der Waals surface area contributed by atoms with Crippen molar-refractivity contribution in [2.45, 2.75) is 52.2 Å². The number of halogens is 2. The third-order valence-electron chi connectivity index (χ3n) is 5.61. The molecule has 1 atom stereocenters. The van der Waals surface area contributed by atoms with Crippen LogP contribution in [-0.4, -0.2) is 29.1 Å². The Morgan fingerprint density at radius 2 is 1.94 bits per heavy atom. The lowest BCUT2D eigenvalue weighted by Gasteiger charge is -2.22. The van der Waals surface area contributed by atoms with E-state index in [1.54, 1.807) is 39.0 Å². The van der Waals surface area contributed by atoms with Crippen molar-refractivity contribution in [3.05, 3.63) is 70.4 Å². The van der Waals surface area contributed by atoms with Crippen LogP contribution in [0.4, 0.5) is 13.6 Å². The lowest BCUT2D eigenvalue weighted by Crippen LogP contribution is -2.34. The van der Waals surface area contributed by atoms with E-state index in [1.807, 2.05) is 6.92 Å². The lowest BCUT2D eigenvalue weighted by molar-refractivity contribution is 0.0503. The minimum absolute atomic E-state index is 0.118. The molecule has 1 N–H and O–H groups in total. The van der Waals surface area contributed by atoms with Crippen LogP contribution in [0.15, 0.2) is 36.5 Å². The van der Waals surface area contributed by atoms with Gasteiger partial charge in [-0.3, -0.25) is 4.79 Å². The highest BCUT2D eigenvalue weighted by Crippen LogP contribution is 2.37. The monoisotopic (exact) mass is 468 g/mol. The highest BCUT2D eigenvalue weighted by molar-refractivity contribution is 6.17. The van der Waals surface area contributed by atoms with Crippen molar-refractivity contribution < 1.29 is 27.8 Å². The zero-order chi connectivity index (χ0) is 24.6. The maximum absolute atomic E-state index is 15.7. The largest absolute Gasteiger partial charge is 0.478 e. The molecule has 1 aliphatic carbocycles. The van der Waals surface area contributed by atoms with Gasteiger partial charge in [0.05, 0.1) is 18.2 Å². The summed E-state index contributed by atoms with van der Waals surface area (Å²) >= 11 is 0. The first-order valence-corrected chi connectivity index (χ1v) is 11.2. The molecule has 0 saturated heterocycles. The third kappa shape index (κ3) is 4.44. The van der Waals surface area contributed by atoms with E-state index in [0.717, 1.165) is 0 Å². The van der Waals surface area contributed by atoms with Crippen LogP contribution in [0.2, 0.25) is 0 Å². The number of pyridine rings is 1. The van der Waals surface area contributed by atoms with E-state index < -0.39 is 40.7 Å². The molecule has 0 saturated carbocycles. The molecule has 2 aromatic carbocycles. The number of hydrogen-bond donors (Lipinski definition) is 1. The second kappa shape index (κ2) is 9.00. The average Bonchev–Trinajstić information content (AvgIpc) is 3.14. The molecular weight excluding hydrogens is 442 g/mol. The van der Waals surface area contributed by atoms with Crippen LogP contribution < -0.4 is 10.1 Å². The predicted molar refractivity (Wildman–Crippen MR) is 123 cm³/mol. The Bertz CT molecular complexity index is 1280. The zero-order valence-corrected chi connectivity index (χ0v) is 19.5. The number of ether oxygens (including phenoxy) is 2. The number of hydrogen-bond acceptors (Lipinski definition) is 5. The Morgan fingerprint density at radius 1 is 1.18 bits per heavy atom. The van der Waals surface area contributed by atoms with Gasteiger partial charge in [0.15, 0.2) is 5.78 Å². The van der Waals surface area contributed by atoms with Crippen LogP contribution in [0, 0.1) is 11.6 Å². The lowest BCUT2D eigenvalue weighted by atomic mass is 9.94. The molecule has 8 heteroatoms. The molecular formula is C26H26F2N2O4. The maximum atomic E-state index is 15.7. The van der Waals surface area contributed by atoms with Crippen LogP contribution in [0.5, 0.6) is 5.88 Å². The second-order valence-corrected chi connectivity index (χ2v) is 9.14. The van der Waals surface area contributed by atoms with E-state index >= 15 is 8.78 Å². The number of amides is 1. The Labute approximate surface area is 196 Å². The maximum Gasteiger partial charge on any atom is 0.408 e. The summed E-state index contributed by atoms with van der Waals surface area (Å²) in [7, 11) is 0. The highest BCUT2D eigenvalue weighted by Gasteiger charge is 2.34. The molecule has 0 aliphatic heterocycles. The smallest absolute Gasteiger partial charge is 0.408 e. The van der Waals surface area contributed by atoms with E-state index in [-0.39, 0.29) is 11.1 Å². The summed E-state index contributed by atoms with van der Waals surface area (Å²) in [6, 6.07) is 6.94. The van der Waals surface area contributed by atoms with E-state index in [2.05, 4.69) is 10.3 Å². The summed E-state index contributed by atoms with van der Waals surface area (Å²) < 4.78 is 41.6. The number of ketones is 1. The van der Waals surface area contributed by atoms with Crippen molar-refractivity contribution in [2.24, 2.45) is 0 Å². The topological polar surface area (TPSA) is 77.5 Å². The molecule has 3 aromatic rings. The van der Waals surface area contributed by atoms with Crippen LogP contribution in [0.3, 0.4) is 0 Å². The number of carbonyl (C=O) groups is 2. The summed E-state index contributed by atoms with van der Waals surface area (Å²) in [4.78, 5) is 29.9. The van der Waals surface area contributed by atoms with Crippen LogP contribution in [0.25, 0.3) is 10.8 Å². The quantitative estimate of drug-likeness (QED) is 0.490. The van der Waals surface area contributed by atoms with Gasteiger partial charge in [0.25, 0.3) is 0 Å². The second-order valence-electron chi connectivity index (χ2n) is 9.14. The molecule has 1 heterocycles. The molecule has 1 amide bonds. The van der Waals surface area contributed by atoms with Gasteiger partial charge >= 0.3 is 6.09 Å². The molecule has 0 bridgehead atoms. The fourth-order valence-corrected chi connectivity index (χ4v) is 4.28. The number of nitrogens with one attached hydrogen (secondary N) is 1. The standard InChI is InChI=1S/C26H26F2N2O4/c1-5-33-24-17-8-6-7-16(15(17)11-12-29-24)23(31)21-18(27)13-14-9-10-19(20(14)22(21)28)30-25(32)34-26(2,3)4/h6-8,11-13,19H,5,9-10H2,1-4H3,(H,30,32)/t19-/m1/s1. The molecule has 0 unspecified atom stereocenters. The first-order valence-electron chi connectivity index (χ1n) is 11.2. The summed E-state index contributed by atoms with van der Waals surface area (Å²) in [6.07, 6.45) is 1.53. The molecule has 0 radical (unpaired) electrons. The molecule has 1 aliphatic rings. The Morgan fingerprint density at radius 3 is 2.65 bits per heavy atom. The Balaban J connectivity index is 1.75. The number of benzene rings is 2. The van der Waals surface area contributed by atoms with E-state index in [0.29, 0.717) is 41.7 Å². The van der Waals surface area contributed by atoms with Crippen molar-refractivity contribution >= 4 is 22.6 Å². The van der Waals surface area contributed by atoms with Crippen molar-refractivity contribution in [3.8, 4) is 5.88 Å². The number of rotatable bonds is 5. The number of nitrogens with zero attached hydrogens (tertiary/aromatic N) is 1. The average molecular weight is 469 g/mol. The van der Waals surface area contributed by atoms with E-state index in [9.17, 15) is 9.59 Å². The molecule has 34 heavy (non-hydrogen) atoms. The van der Waals surface area contributed by atoms with Crippen LogP contribution in [-0.2, 0) is 11.2 Å². The minimum atomic E-state index is -0.963. The molecule has 6 nitrogen and oxygen atoms in total. The number of carbonyl (C=O) groups excluding carboxylic acids is 2. The van der Waals surface area contributed by atoms with Crippen LogP contribution in [0.1, 0.15) is 67.2 Å². The fraction of sp³-hybridized carbons (Fsp3) is 0.346. The molecule has 0 fully saturated rings. The molecule has 1 aromatic heterocycles. The van der Waals surface area contributed by atoms with Gasteiger partial charge in [0.2, 0.25) is 5.88 Å². The van der Waals surface area contributed by atoms with Gasteiger partial charge in [-0.25, -0.2) is 18.6 Å². The number of fused-ring (bicyclic) bond motifs is 2.